The zero-order chi connectivity index (χ0) is 10.1. The van der Waals surface area contributed by atoms with Crippen molar-refractivity contribution in [3.63, 3.8) is 0 Å². The predicted molar refractivity (Wildman–Crippen MR) is 65.4 cm³/mol. The van der Waals surface area contributed by atoms with E-state index in [9.17, 15) is 0 Å². The molecule has 2 N–H and O–H groups in total. The van der Waals surface area contributed by atoms with E-state index in [2.05, 4.69) is 27.7 Å². The summed E-state index contributed by atoms with van der Waals surface area (Å²) in [4.78, 5) is 0. The Bertz CT molecular complexity index is 425. The number of rotatable bonds is 1. The Hall–Kier alpha value is -1.04. The van der Waals surface area contributed by atoms with Crippen LogP contribution in [0.3, 0.4) is 0 Å². The van der Waals surface area contributed by atoms with Gasteiger partial charge < -0.3 is 5.73 Å². The molecular formula is C10H10IN3. The molecule has 14 heavy (non-hydrogen) atoms. The molecule has 0 fully saturated rings. The van der Waals surface area contributed by atoms with Crippen molar-refractivity contribution < 1.29 is 0 Å². The van der Waals surface area contributed by atoms with Crippen LogP contribution in [0.25, 0.3) is 5.69 Å². The van der Waals surface area contributed by atoms with E-state index in [4.69, 9.17) is 5.73 Å². The molecule has 2 rings (SSSR count). The maximum Gasteiger partial charge on any atom is 0.0827 e. The van der Waals surface area contributed by atoms with E-state index in [1.807, 2.05) is 37.4 Å². The normalized spacial score (nSPS) is 10.4. The molecule has 72 valence electrons. The van der Waals surface area contributed by atoms with Crippen molar-refractivity contribution in [2.24, 2.45) is 0 Å². The highest BCUT2D eigenvalue weighted by molar-refractivity contribution is 14.1. The van der Waals surface area contributed by atoms with Crippen LogP contribution in [0.4, 0.5) is 5.69 Å². The summed E-state index contributed by atoms with van der Waals surface area (Å²) in [5.41, 5.74) is 8.35. The third-order valence-corrected chi connectivity index (χ3v) is 2.75. The second-order valence-corrected chi connectivity index (χ2v) is 4.34. The standard InChI is InChI=1S/C10H10IN3/c1-7-10(12)6-14(13-7)9-4-2-8(11)3-5-9/h2-6H,12H2,1H3. The van der Waals surface area contributed by atoms with Crippen molar-refractivity contribution in [3.05, 3.63) is 39.7 Å². The molecule has 0 amide bonds. The van der Waals surface area contributed by atoms with Gasteiger partial charge in [0, 0.05) is 3.57 Å². The summed E-state index contributed by atoms with van der Waals surface area (Å²) in [6, 6.07) is 8.13. The quantitative estimate of drug-likeness (QED) is 0.822. The Balaban J connectivity index is 2.44. The lowest BCUT2D eigenvalue weighted by atomic mass is 10.3. The smallest absolute Gasteiger partial charge is 0.0827 e. The molecule has 0 spiro atoms. The van der Waals surface area contributed by atoms with Crippen molar-refractivity contribution in [3.8, 4) is 5.69 Å². The number of nitrogens with zero attached hydrogens (tertiary/aromatic N) is 2. The number of anilines is 1. The summed E-state index contributed by atoms with van der Waals surface area (Å²) in [7, 11) is 0. The van der Waals surface area contributed by atoms with Crippen molar-refractivity contribution in [2.75, 3.05) is 5.73 Å². The van der Waals surface area contributed by atoms with Gasteiger partial charge in [-0.05, 0) is 53.8 Å². The van der Waals surface area contributed by atoms with Crippen LogP contribution in [0.1, 0.15) is 5.69 Å². The molecule has 0 unspecified atom stereocenters. The molecule has 3 nitrogen and oxygen atoms in total. The first-order valence-corrected chi connectivity index (χ1v) is 5.32. The van der Waals surface area contributed by atoms with Gasteiger partial charge in [0.15, 0.2) is 0 Å². The monoisotopic (exact) mass is 299 g/mol. The molecule has 0 aliphatic heterocycles. The highest BCUT2D eigenvalue weighted by Gasteiger charge is 2.01. The second kappa shape index (κ2) is 3.61. The maximum absolute atomic E-state index is 5.72. The van der Waals surface area contributed by atoms with E-state index >= 15 is 0 Å². The van der Waals surface area contributed by atoms with E-state index in [-0.39, 0.29) is 0 Å². The average molecular weight is 299 g/mol. The number of aromatic nitrogens is 2. The predicted octanol–water partition coefficient (Wildman–Crippen LogP) is 2.37. The van der Waals surface area contributed by atoms with Crippen LogP contribution < -0.4 is 5.73 Å². The molecule has 0 bridgehead atoms. The minimum absolute atomic E-state index is 0.726. The van der Waals surface area contributed by atoms with Crippen LogP contribution in [0.15, 0.2) is 30.5 Å². The number of benzene rings is 1. The Kier molecular flexibility index (Phi) is 2.45. The molecule has 0 atom stereocenters. The summed E-state index contributed by atoms with van der Waals surface area (Å²) in [5.74, 6) is 0. The van der Waals surface area contributed by atoms with E-state index < -0.39 is 0 Å². The first kappa shape index (κ1) is 9.51. The minimum atomic E-state index is 0.726. The lowest BCUT2D eigenvalue weighted by Crippen LogP contribution is -1.94. The van der Waals surface area contributed by atoms with Gasteiger partial charge in [0.1, 0.15) is 0 Å². The van der Waals surface area contributed by atoms with Gasteiger partial charge in [0.05, 0.1) is 23.3 Å². The number of nitrogens with two attached hydrogens (primary N) is 1. The average Bonchev–Trinajstić information content (AvgIpc) is 2.48. The summed E-state index contributed by atoms with van der Waals surface area (Å²) < 4.78 is 3.00. The summed E-state index contributed by atoms with van der Waals surface area (Å²) >= 11 is 2.27. The highest BCUT2D eigenvalue weighted by Crippen LogP contribution is 2.14. The molecule has 2 aromatic rings. The number of hydrogen-bond donors (Lipinski definition) is 1. The first-order chi connectivity index (χ1) is 6.66. The number of halogens is 1. The third-order valence-electron chi connectivity index (χ3n) is 2.03. The second-order valence-electron chi connectivity index (χ2n) is 3.09. The summed E-state index contributed by atoms with van der Waals surface area (Å²) in [6.45, 7) is 1.90. The fraction of sp³-hybridized carbons (Fsp3) is 0.100. The Labute approximate surface area is 96.1 Å². The van der Waals surface area contributed by atoms with Gasteiger partial charge in [-0.3, -0.25) is 0 Å². The zero-order valence-corrected chi connectivity index (χ0v) is 9.89. The largest absolute Gasteiger partial charge is 0.396 e. The lowest BCUT2D eigenvalue weighted by molar-refractivity contribution is 0.862. The van der Waals surface area contributed by atoms with Gasteiger partial charge in [-0.2, -0.15) is 5.10 Å². The van der Waals surface area contributed by atoms with Crippen LogP contribution in [-0.2, 0) is 0 Å². The number of hydrogen-bond acceptors (Lipinski definition) is 2. The third kappa shape index (κ3) is 1.75. The van der Waals surface area contributed by atoms with Crippen molar-refractivity contribution >= 4 is 28.3 Å². The van der Waals surface area contributed by atoms with Gasteiger partial charge in [0.25, 0.3) is 0 Å². The van der Waals surface area contributed by atoms with E-state index in [0.29, 0.717) is 0 Å². The van der Waals surface area contributed by atoms with Gasteiger partial charge in [-0.15, -0.1) is 0 Å². The highest BCUT2D eigenvalue weighted by atomic mass is 127. The van der Waals surface area contributed by atoms with Crippen molar-refractivity contribution in [1.29, 1.82) is 0 Å². The summed E-state index contributed by atoms with van der Waals surface area (Å²) in [6.07, 6.45) is 1.83. The molecule has 1 heterocycles. The SMILES string of the molecule is Cc1nn(-c2ccc(I)cc2)cc1N. The Morgan fingerprint density at radius 2 is 1.93 bits per heavy atom. The molecule has 1 aromatic heterocycles. The van der Waals surface area contributed by atoms with Gasteiger partial charge in [-0.25, -0.2) is 4.68 Å². The molecule has 0 saturated heterocycles. The van der Waals surface area contributed by atoms with E-state index in [1.165, 1.54) is 3.57 Å². The number of aryl methyl sites for hydroxylation is 1. The van der Waals surface area contributed by atoms with Crippen LogP contribution >= 0.6 is 22.6 Å². The first-order valence-electron chi connectivity index (χ1n) is 4.24. The molecular weight excluding hydrogens is 289 g/mol. The van der Waals surface area contributed by atoms with E-state index in [0.717, 1.165) is 17.1 Å². The Morgan fingerprint density at radius 3 is 2.43 bits per heavy atom. The topological polar surface area (TPSA) is 43.8 Å². The van der Waals surface area contributed by atoms with Crippen LogP contribution in [-0.4, -0.2) is 9.78 Å². The van der Waals surface area contributed by atoms with Crippen molar-refractivity contribution in [2.45, 2.75) is 6.92 Å². The van der Waals surface area contributed by atoms with E-state index in [1.54, 1.807) is 4.68 Å². The molecule has 0 saturated carbocycles. The molecule has 4 heteroatoms. The van der Waals surface area contributed by atoms with Gasteiger partial charge in [0.2, 0.25) is 0 Å². The molecule has 0 aliphatic rings. The van der Waals surface area contributed by atoms with Crippen LogP contribution in [0.5, 0.6) is 0 Å². The molecule has 0 radical (unpaired) electrons. The zero-order valence-electron chi connectivity index (χ0n) is 7.74. The summed E-state index contributed by atoms with van der Waals surface area (Å²) in [5, 5.41) is 4.30. The maximum atomic E-state index is 5.72. The minimum Gasteiger partial charge on any atom is -0.396 e. The Morgan fingerprint density at radius 1 is 1.29 bits per heavy atom. The van der Waals surface area contributed by atoms with Gasteiger partial charge in [-0.1, -0.05) is 0 Å². The number of nitrogen functional groups attached to an aromatic ring is 1. The van der Waals surface area contributed by atoms with Gasteiger partial charge >= 0.3 is 0 Å². The fourth-order valence-electron chi connectivity index (χ4n) is 1.20. The molecule has 1 aromatic carbocycles. The lowest BCUT2D eigenvalue weighted by Gasteiger charge is -1.99. The van der Waals surface area contributed by atoms with Crippen LogP contribution in [0.2, 0.25) is 0 Å². The fourth-order valence-corrected chi connectivity index (χ4v) is 1.56. The van der Waals surface area contributed by atoms with Crippen LogP contribution in [0, 0.1) is 10.5 Å². The molecule has 0 aliphatic carbocycles. The van der Waals surface area contributed by atoms with Crippen molar-refractivity contribution in [1.82, 2.24) is 9.78 Å².